The van der Waals surface area contributed by atoms with Crippen LogP contribution in [0.15, 0.2) is 0 Å². The number of hydrogen-bond acceptors (Lipinski definition) is 1. The van der Waals surface area contributed by atoms with E-state index >= 15 is 0 Å². The minimum Gasteiger partial charge on any atom is -0.327 e. The highest BCUT2D eigenvalue weighted by Crippen LogP contribution is 2.29. The van der Waals surface area contributed by atoms with Crippen LogP contribution in [0.3, 0.4) is 0 Å². The predicted octanol–water partition coefficient (Wildman–Crippen LogP) is 2.18. The second kappa shape index (κ2) is 4.42. The summed E-state index contributed by atoms with van der Waals surface area (Å²) in [5.74, 6) is 1.59. The molecule has 2 amide bonds. The molecule has 0 bridgehead atoms. The third-order valence-corrected chi connectivity index (χ3v) is 3.61. The molecule has 15 heavy (non-hydrogen) atoms. The Morgan fingerprint density at radius 1 is 1.27 bits per heavy atom. The second-order valence-electron chi connectivity index (χ2n) is 5.28. The molecule has 0 N–H and O–H groups in total. The molecule has 2 rings (SSSR count). The maximum atomic E-state index is 12.0. The summed E-state index contributed by atoms with van der Waals surface area (Å²) in [5.41, 5.74) is 0. The number of hydrogen-bond donors (Lipinski definition) is 0. The molecule has 2 aliphatic rings. The first kappa shape index (κ1) is 10.8. The summed E-state index contributed by atoms with van der Waals surface area (Å²) in [6, 6.07) is 0.244. The van der Waals surface area contributed by atoms with E-state index in [0.717, 1.165) is 31.5 Å². The molecule has 0 aromatic rings. The maximum Gasteiger partial charge on any atom is 0.319 e. The number of piperidine rings is 1. The van der Waals surface area contributed by atoms with Crippen LogP contribution in [-0.4, -0.2) is 42.5 Å². The minimum absolute atomic E-state index is 0.244. The molecule has 3 heteroatoms. The zero-order valence-electron chi connectivity index (χ0n) is 9.91. The number of nitrogens with zero attached hydrogens (tertiary/aromatic N) is 2. The maximum absolute atomic E-state index is 12.0. The van der Waals surface area contributed by atoms with Crippen molar-refractivity contribution in [2.24, 2.45) is 11.8 Å². The molecule has 0 spiro atoms. The van der Waals surface area contributed by atoms with Crippen LogP contribution in [0.5, 0.6) is 0 Å². The van der Waals surface area contributed by atoms with Gasteiger partial charge in [-0.05, 0) is 37.5 Å². The second-order valence-corrected chi connectivity index (χ2v) is 5.28. The highest BCUT2D eigenvalue weighted by Gasteiger charge is 2.28. The van der Waals surface area contributed by atoms with Crippen molar-refractivity contribution in [1.29, 1.82) is 0 Å². The number of likely N-dealkylation sites (tertiary alicyclic amines) is 1. The summed E-state index contributed by atoms with van der Waals surface area (Å²) in [6.45, 7) is 5.14. The monoisotopic (exact) mass is 210 g/mol. The van der Waals surface area contributed by atoms with Gasteiger partial charge in [-0.2, -0.15) is 0 Å². The first-order valence-corrected chi connectivity index (χ1v) is 6.17. The van der Waals surface area contributed by atoms with E-state index in [1.807, 2.05) is 16.8 Å². The van der Waals surface area contributed by atoms with Gasteiger partial charge in [-0.3, -0.25) is 0 Å². The van der Waals surface area contributed by atoms with Crippen molar-refractivity contribution < 1.29 is 4.79 Å². The Labute approximate surface area is 92.4 Å². The van der Waals surface area contributed by atoms with Gasteiger partial charge in [-0.15, -0.1) is 0 Å². The average molecular weight is 210 g/mol. The van der Waals surface area contributed by atoms with Crippen LogP contribution in [0.25, 0.3) is 0 Å². The summed E-state index contributed by atoms with van der Waals surface area (Å²) in [6.07, 6.45) is 4.97. The molecule has 0 radical (unpaired) electrons. The van der Waals surface area contributed by atoms with E-state index in [-0.39, 0.29) is 6.03 Å². The topological polar surface area (TPSA) is 23.6 Å². The molecule has 1 heterocycles. The van der Waals surface area contributed by atoms with E-state index in [1.165, 1.54) is 25.7 Å². The largest absolute Gasteiger partial charge is 0.327 e. The molecule has 1 aliphatic heterocycles. The molecular weight excluding hydrogens is 188 g/mol. The molecule has 3 nitrogen and oxygen atoms in total. The first-order valence-electron chi connectivity index (χ1n) is 6.17. The van der Waals surface area contributed by atoms with Crippen molar-refractivity contribution in [3.63, 3.8) is 0 Å². The Bertz CT molecular complexity index is 230. The van der Waals surface area contributed by atoms with Crippen molar-refractivity contribution in [3.8, 4) is 0 Å². The smallest absolute Gasteiger partial charge is 0.319 e. The van der Waals surface area contributed by atoms with Crippen molar-refractivity contribution >= 4 is 6.03 Å². The lowest BCUT2D eigenvalue weighted by molar-refractivity contribution is 0.141. The van der Waals surface area contributed by atoms with Gasteiger partial charge in [-0.25, -0.2) is 4.79 Å². The fraction of sp³-hybridized carbons (Fsp3) is 0.917. The zero-order chi connectivity index (χ0) is 10.8. The Morgan fingerprint density at radius 3 is 2.40 bits per heavy atom. The van der Waals surface area contributed by atoms with Gasteiger partial charge in [0.2, 0.25) is 0 Å². The summed E-state index contributed by atoms with van der Waals surface area (Å²) >= 11 is 0. The van der Waals surface area contributed by atoms with E-state index in [2.05, 4.69) is 6.92 Å². The Balaban J connectivity index is 1.78. The molecule has 1 saturated carbocycles. The number of carbonyl (C=O) groups excluding carboxylic acids is 1. The van der Waals surface area contributed by atoms with Crippen molar-refractivity contribution in [2.75, 3.05) is 26.7 Å². The molecular formula is C12H22N2O. The quantitative estimate of drug-likeness (QED) is 0.685. The summed E-state index contributed by atoms with van der Waals surface area (Å²) < 4.78 is 0. The van der Waals surface area contributed by atoms with Gasteiger partial charge in [0.1, 0.15) is 0 Å². The molecule has 86 valence electrons. The van der Waals surface area contributed by atoms with E-state index < -0.39 is 0 Å². The van der Waals surface area contributed by atoms with Crippen LogP contribution in [0, 0.1) is 11.8 Å². The van der Waals surface area contributed by atoms with Gasteiger partial charge in [-0.1, -0.05) is 6.92 Å². The molecule has 0 aromatic carbocycles. The van der Waals surface area contributed by atoms with Gasteiger partial charge in [0.05, 0.1) is 0 Å². The number of rotatable bonds is 2. The van der Waals surface area contributed by atoms with Gasteiger partial charge >= 0.3 is 6.03 Å². The number of carbonyl (C=O) groups is 1. The molecule has 0 aromatic heterocycles. The Morgan fingerprint density at radius 2 is 1.87 bits per heavy atom. The third-order valence-electron chi connectivity index (χ3n) is 3.61. The van der Waals surface area contributed by atoms with E-state index in [1.54, 1.807) is 0 Å². The van der Waals surface area contributed by atoms with E-state index in [9.17, 15) is 4.79 Å². The van der Waals surface area contributed by atoms with Gasteiger partial charge in [0, 0.05) is 26.7 Å². The van der Waals surface area contributed by atoms with Crippen LogP contribution in [0.4, 0.5) is 4.79 Å². The van der Waals surface area contributed by atoms with Crippen molar-refractivity contribution in [1.82, 2.24) is 9.80 Å². The first-order chi connectivity index (χ1) is 7.16. The fourth-order valence-electron chi connectivity index (χ4n) is 2.21. The van der Waals surface area contributed by atoms with Crippen LogP contribution in [0.2, 0.25) is 0 Å². The average Bonchev–Trinajstić information content (AvgIpc) is 3.02. The normalized spacial score (nSPS) is 22.9. The number of urea groups is 1. The minimum atomic E-state index is 0.244. The fourth-order valence-corrected chi connectivity index (χ4v) is 2.21. The highest BCUT2D eigenvalue weighted by atomic mass is 16.2. The van der Waals surface area contributed by atoms with E-state index in [4.69, 9.17) is 0 Å². The van der Waals surface area contributed by atoms with Crippen LogP contribution in [-0.2, 0) is 0 Å². The van der Waals surface area contributed by atoms with Gasteiger partial charge in [0.25, 0.3) is 0 Å². The highest BCUT2D eigenvalue weighted by molar-refractivity contribution is 5.74. The summed E-state index contributed by atoms with van der Waals surface area (Å²) in [5, 5.41) is 0. The molecule has 0 atom stereocenters. The lowest BCUT2D eigenvalue weighted by atomic mass is 10.00. The van der Waals surface area contributed by atoms with Crippen LogP contribution < -0.4 is 0 Å². The molecule has 1 aliphatic carbocycles. The van der Waals surface area contributed by atoms with Crippen LogP contribution >= 0.6 is 0 Å². The van der Waals surface area contributed by atoms with E-state index in [0.29, 0.717) is 0 Å². The lowest BCUT2D eigenvalue weighted by Gasteiger charge is -2.33. The Kier molecular flexibility index (Phi) is 3.17. The Hall–Kier alpha value is -0.730. The molecule has 2 fully saturated rings. The standard InChI is InChI=1S/C12H22N2O/c1-10-5-7-14(8-6-10)12(15)13(2)9-11-3-4-11/h10-11H,3-9H2,1-2H3. The third kappa shape index (κ3) is 2.86. The lowest BCUT2D eigenvalue weighted by Crippen LogP contribution is -2.45. The molecule has 1 saturated heterocycles. The SMILES string of the molecule is CC1CCN(C(=O)N(C)CC2CC2)CC1. The summed E-state index contributed by atoms with van der Waals surface area (Å²) in [4.78, 5) is 15.9. The predicted molar refractivity (Wildman–Crippen MR) is 60.7 cm³/mol. The van der Waals surface area contributed by atoms with Crippen molar-refractivity contribution in [3.05, 3.63) is 0 Å². The zero-order valence-corrected chi connectivity index (χ0v) is 9.91. The summed E-state index contributed by atoms with van der Waals surface area (Å²) in [7, 11) is 1.94. The molecule has 0 unspecified atom stereocenters. The van der Waals surface area contributed by atoms with Gasteiger partial charge < -0.3 is 9.80 Å². The van der Waals surface area contributed by atoms with Gasteiger partial charge in [0.15, 0.2) is 0 Å². The van der Waals surface area contributed by atoms with Crippen molar-refractivity contribution in [2.45, 2.75) is 32.6 Å². The number of amides is 2. The van der Waals surface area contributed by atoms with Crippen LogP contribution in [0.1, 0.15) is 32.6 Å².